The summed E-state index contributed by atoms with van der Waals surface area (Å²) >= 11 is 0. The maximum atomic E-state index is 15.8. The molecule has 0 fully saturated rings. The van der Waals surface area contributed by atoms with Crippen molar-refractivity contribution in [1.82, 2.24) is 35.1 Å². The lowest BCUT2D eigenvalue weighted by molar-refractivity contribution is 0.102. The molecule has 0 saturated carbocycles. The molecule has 1 amide bonds. The Bertz CT molecular complexity index is 1640. The van der Waals surface area contributed by atoms with Crippen LogP contribution in [0.2, 0.25) is 0 Å². The molecule has 0 saturated heterocycles. The SMILES string of the molecule is O=C(Nc1cncc(-c2cnc3n[nH]c(-c4nc5ncccc5[nH]4)c3c2F)c1)c1ccccc1. The Morgan fingerprint density at radius 1 is 0.971 bits per heavy atom. The van der Waals surface area contributed by atoms with Gasteiger partial charge in [-0.2, -0.15) is 5.10 Å². The summed E-state index contributed by atoms with van der Waals surface area (Å²) in [6, 6.07) is 14.1. The number of halogens is 1. The highest BCUT2D eigenvalue weighted by Crippen LogP contribution is 2.33. The van der Waals surface area contributed by atoms with Crippen LogP contribution in [0.3, 0.4) is 0 Å². The van der Waals surface area contributed by atoms with Crippen LogP contribution in [0.5, 0.6) is 0 Å². The van der Waals surface area contributed by atoms with Gasteiger partial charge in [0.25, 0.3) is 5.91 Å². The van der Waals surface area contributed by atoms with Crippen LogP contribution in [0.4, 0.5) is 10.1 Å². The maximum Gasteiger partial charge on any atom is 0.255 e. The first-order chi connectivity index (χ1) is 16.7. The smallest absolute Gasteiger partial charge is 0.255 e. The Morgan fingerprint density at radius 3 is 2.71 bits per heavy atom. The first-order valence-corrected chi connectivity index (χ1v) is 10.3. The van der Waals surface area contributed by atoms with Gasteiger partial charge in [0, 0.05) is 35.3 Å². The molecule has 6 rings (SSSR count). The van der Waals surface area contributed by atoms with E-state index in [0.29, 0.717) is 34.0 Å². The largest absolute Gasteiger partial charge is 0.335 e. The molecule has 6 aromatic rings. The number of hydrogen-bond acceptors (Lipinski definition) is 6. The van der Waals surface area contributed by atoms with E-state index in [-0.39, 0.29) is 22.5 Å². The minimum atomic E-state index is -0.532. The molecule has 0 atom stereocenters. The standard InChI is InChI=1S/C24H15FN8O/c25-19-16(14-9-15(11-26-10-14)29-24(34)13-5-2-1-3-6-13)12-28-22-18(19)20(32-33-22)23-30-17-7-4-8-27-21(17)31-23/h1-12H,(H,29,34)(H,27,30,31)(H,28,32,33). The van der Waals surface area contributed by atoms with Crippen molar-refractivity contribution >= 4 is 33.8 Å². The van der Waals surface area contributed by atoms with E-state index in [4.69, 9.17) is 0 Å². The number of carbonyl (C=O) groups is 1. The quantitative estimate of drug-likeness (QED) is 0.367. The fourth-order valence-electron chi connectivity index (χ4n) is 3.74. The topological polar surface area (TPSA) is 125 Å². The van der Waals surface area contributed by atoms with Crippen LogP contribution in [0.1, 0.15) is 10.4 Å². The van der Waals surface area contributed by atoms with Gasteiger partial charge in [-0.15, -0.1) is 0 Å². The third kappa shape index (κ3) is 3.34. The second kappa shape index (κ2) is 7.85. The lowest BCUT2D eigenvalue weighted by Gasteiger charge is -2.08. The number of rotatable bonds is 4. The number of H-pyrrole nitrogens is 2. The average Bonchev–Trinajstić information content (AvgIpc) is 3.49. The van der Waals surface area contributed by atoms with Crippen molar-refractivity contribution in [1.29, 1.82) is 0 Å². The number of pyridine rings is 3. The second-order valence-electron chi connectivity index (χ2n) is 7.53. The Balaban J connectivity index is 1.40. The third-order valence-electron chi connectivity index (χ3n) is 5.36. The van der Waals surface area contributed by atoms with Crippen molar-refractivity contribution in [3.05, 3.63) is 84.7 Å². The molecule has 0 spiro atoms. The zero-order chi connectivity index (χ0) is 23.1. The van der Waals surface area contributed by atoms with Crippen LogP contribution < -0.4 is 5.32 Å². The number of aromatic amines is 2. The fourth-order valence-corrected chi connectivity index (χ4v) is 3.74. The molecule has 164 valence electrons. The molecule has 0 aliphatic rings. The van der Waals surface area contributed by atoms with Gasteiger partial charge in [-0.05, 0) is 30.3 Å². The average molecular weight is 450 g/mol. The van der Waals surface area contributed by atoms with E-state index in [9.17, 15) is 4.79 Å². The van der Waals surface area contributed by atoms with Gasteiger partial charge in [0.15, 0.2) is 17.1 Å². The molecule has 1 aromatic carbocycles. The Labute approximate surface area is 191 Å². The number of nitrogens with zero attached hydrogens (tertiary/aromatic N) is 5. The number of anilines is 1. The van der Waals surface area contributed by atoms with Crippen LogP contribution in [-0.2, 0) is 0 Å². The summed E-state index contributed by atoms with van der Waals surface area (Å²) in [6.07, 6.45) is 6.03. The highest BCUT2D eigenvalue weighted by Gasteiger charge is 2.20. The maximum absolute atomic E-state index is 15.8. The molecule has 0 radical (unpaired) electrons. The highest BCUT2D eigenvalue weighted by atomic mass is 19.1. The predicted molar refractivity (Wildman–Crippen MR) is 124 cm³/mol. The summed E-state index contributed by atoms with van der Waals surface area (Å²) in [5.74, 6) is -0.421. The van der Waals surface area contributed by atoms with Crippen molar-refractivity contribution < 1.29 is 9.18 Å². The molecule has 10 heteroatoms. The van der Waals surface area contributed by atoms with Gasteiger partial charge in [-0.1, -0.05) is 18.2 Å². The number of carbonyl (C=O) groups excluding carboxylic acids is 1. The number of nitrogens with one attached hydrogen (secondary N) is 3. The molecule has 5 heterocycles. The summed E-state index contributed by atoms with van der Waals surface area (Å²) in [6.45, 7) is 0. The van der Waals surface area contributed by atoms with Crippen LogP contribution in [0.15, 0.2) is 73.3 Å². The fraction of sp³-hybridized carbons (Fsp3) is 0. The van der Waals surface area contributed by atoms with Crippen molar-refractivity contribution in [2.45, 2.75) is 0 Å². The van der Waals surface area contributed by atoms with Crippen molar-refractivity contribution in [2.75, 3.05) is 5.32 Å². The molecular formula is C24H15FN8O. The van der Waals surface area contributed by atoms with Crippen LogP contribution >= 0.6 is 0 Å². The summed E-state index contributed by atoms with van der Waals surface area (Å²) in [7, 11) is 0. The lowest BCUT2D eigenvalue weighted by atomic mass is 10.1. The number of amides is 1. The number of fused-ring (bicyclic) bond motifs is 2. The number of hydrogen-bond donors (Lipinski definition) is 3. The van der Waals surface area contributed by atoms with E-state index in [1.165, 1.54) is 18.6 Å². The normalized spacial score (nSPS) is 11.2. The van der Waals surface area contributed by atoms with Gasteiger partial charge in [0.1, 0.15) is 11.5 Å². The van der Waals surface area contributed by atoms with Gasteiger partial charge in [0.2, 0.25) is 0 Å². The zero-order valence-electron chi connectivity index (χ0n) is 17.5. The number of benzene rings is 1. The summed E-state index contributed by atoms with van der Waals surface area (Å²) in [4.78, 5) is 32.7. The monoisotopic (exact) mass is 450 g/mol. The predicted octanol–water partition coefficient (Wildman–Crippen LogP) is 4.35. The number of imidazole rings is 1. The van der Waals surface area contributed by atoms with E-state index in [0.717, 1.165) is 5.52 Å². The van der Waals surface area contributed by atoms with E-state index >= 15 is 4.39 Å². The molecule has 9 nitrogen and oxygen atoms in total. The first-order valence-electron chi connectivity index (χ1n) is 10.3. The lowest BCUT2D eigenvalue weighted by Crippen LogP contribution is -2.11. The minimum Gasteiger partial charge on any atom is -0.335 e. The van der Waals surface area contributed by atoms with E-state index in [2.05, 4.69) is 40.4 Å². The molecule has 5 aromatic heterocycles. The molecule has 0 bridgehead atoms. The van der Waals surface area contributed by atoms with Gasteiger partial charge < -0.3 is 10.3 Å². The van der Waals surface area contributed by atoms with E-state index in [1.54, 1.807) is 42.6 Å². The molecule has 0 aliphatic carbocycles. The Morgan fingerprint density at radius 2 is 1.85 bits per heavy atom. The summed E-state index contributed by atoms with van der Waals surface area (Å²) in [5.41, 5.74) is 3.41. The molecule has 0 unspecified atom stereocenters. The van der Waals surface area contributed by atoms with Crippen molar-refractivity contribution in [3.63, 3.8) is 0 Å². The summed E-state index contributed by atoms with van der Waals surface area (Å²) < 4.78 is 15.8. The Kier molecular flexibility index (Phi) is 4.54. The van der Waals surface area contributed by atoms with Crippen molar-refractivity contribution in [2.24, 2.45) is 0 Å². The first kappa shape index (κ1) is 19.7. The Hall–Kier alpha value is -4.99. The van der Waals surface area contributed by atoms with Crippen LogP contribution in [0.25, 0.3) is 44.8 Å². The zero-order valence-corrected chi connectivity index (χ0v) is 17.5. The summed E-state index contributed by atoms with van der Waals surface area (Å²) in [5, 5.41) is 9.92. The second-order valence-corrected chi connectivity index (χ2v) is 7.53. The molecule has 0 aliphatic heterocycles. The van der Waals surface area contributed by atoms with Gasteiger partial charge in [-0.3, -0.25) is 14.9 Å². The van der Waals surface area contributed by atoms with Crippen LogP contribution in [0, 0.1) is 5.82 Å². The van der Waals surface area contributed by atoms with E-state index < -0.39 is 5.82 Å². The van der Waals surface area contributed by atoms with Crippen LogP contribution in [-0.4, -0.2) is 41.0 Å². The van der Waals surface area contributed by atoms with Crippen molar-refractivity contribution in [3.8, 4) is 22.6 Å². The van der Waals surface area contributed by atoms with Gasteiger partial charge in [0.05, 0.1) is 22.8 Å². The minimum absolute atomic E-state index is 0.190. The third-order valence-corrected chi connectivity index (χ3v) is 5.36. The van der Waals surface area contributed by atoms with E-state index in [1.807, 2.05) is 12.1 Å². The number of aromatic nitrogens is 7. The van der Waals surface area contributed by atoms with Gasteiger partial charge in [-0.25, -0.2) is 19.3 Å². The highest BCUT2D eigenvalue weighted by molar-refractivity contribution is 6.04. The molecule has 3 N–H and O–H groups in total. The molecule has 34 heavy (non-hydrogen) atoms. The molecular weight excluding hydrogens is 435 g/mol. The van der Waals surface area contributed by atoms with Gasteiger partial charge >= 0.3 is 0 Å².